The Balaban J connectivity index is 2.22. The van der Waals surface area contributed by atoms with Crippen molar-refractivity contribution < 1.29 is 4.74 Å². The van der Waals surface area contributed by atoms with Crippen LogP contribution in [0, 0.1) is 0 Å². The maximum Gasteiger partial charge on any atom is 0.227 e. The van der Waals surface area contributed by atoms with E-state index in [2.05, 4.69) is 21.8 Å². The molecule has 0 aliphatic carbocycles. The Morgan fingerprint density at radius 3 is 2.80 bits per heavy atom. The minimum absolute atomic E-state index is 0.517. The monoisotopic (exact) mass is 227 g/mol. The van der Waals surface area contributed by atoms with Gasteiger partial charge >= 0.3 is 0 Å². The first-order chi connectivity index (χ1) is 7.29. The van der Waals surface area contributed by atoms with Gasteiger partial charge in [0.05, 0.1) is 13.2 Å². The van der Waals surface area contributed by atoms with Gasteiger partial charge in [0.15, 0.2) is 0 Å². The number of ether oxygens (including phenoxy) is 1. The molecule has 0 bridgehead atoms. The normalized spacial score (nSPS) is 16.8. The predicted octanol–water partition coefficient (Wildman–Crippen LogP) is 1.53. The number of aromatic nitrogens is 2. The molecular formula is C10H14ClN3O. The molecule has 15 heavy (non-hydrogen) atoms. The summed E-state index contributed by atoms with van der Waals surface area (Å²) in [6.45, 7) is 5.20. The molecule has 1 aromatic rings. The summed E-state index contributed by atoms with van der Waals surface area (Å²) in [4.78, 5) is 10.8. The molecule has 82 valence electrons. The summed E-state index contributed by atoms with van der Waals surface area (Å²) >= 11 is 5.94. The second kappa shape index (κ2) is 4.77. The van der Waals surface area contributed by atoms with Crippen LogP contribution < -0.4 is 4.90 Å². The number of halogens is 1. The summed E-state index contributed by atoms with van der Waals surface area (Å²) in [6.07, 6.45) is 0.875. The quantitative estimate of drug-likeness (QED) is 0.719. The maximum atomic E-state index is 5.94. The third kappa shape index (κ3) is 2.58. The number of nitrogens with zero attached hydrogens (tertiary/aromatic N) is 3. The Hall–Kier alpha value is -0.870. The van der Waals surface area contributed by atoms with Crippen LogP contribution in [-0.2, 0) is 11.2 Å². The highest BCUT2D eigenvalue weighted by Gasteiger charge is 2.14. The summed E-state index contributed by atoms with van der Waals surface area (Å²) in [5.74, 6) is 0.725. The Kier molecular flexibility index (Phi) is 3.38. The molecule has 0 aromatic carbocycles. The molecule has 1 aliphatic heterocycles. The van der Waals surface area contributed by atoms with E-state index in [9.17, 15) is 0 Å². The van der Waals surface area contributed by atoms with Crippen molar-refractivity contribution >= 4 is 17.5 Å². The number of morpholine rings is 1. The Bertz CT molecular complexity index is 339. The highest BCUT2D eigenvalue weighted by molar-refractivity contribution is 6.29. The van der Waals surface area contributed by atoms with Crippen molar-refractivity contribution in [1.82, 2.24) is 9.97 Å². The topological polar surface area (TPSA) is 38.2 Å². The minimum Gasteiger partial charge on any atom is -0.378 e. The molecule has 1 aliphatic rings. The van der Waals surface area contributed by atoms with Gasteiger partial charge in [-0.25, -0.2) is 9.97 Å². The van der Waals surface area contributed by atoms with E-state index < -0.39 is 0 Å². The fraction of sp³-hybridized carbons (Fsp3) is 0.600. The van der Waals surface area contributed by atoms with Crippen molar-refractivity contribution in [3.63, 3.8) is 0 Å². The molecule has 0 unspecified atom stereocenters. The van der Waals surface area contributed by atoms with Gasteiger partial charge in [-0.3, -0.25) is 0 Å². The van der Waals surface area contributed by atoms with Crippen LogP contribution in [0.1, 0.15) is 12.6 Å². The van der Waals surface area contributed by atoms with E-state index in [0.717, 1.165) is 44.4 Å². The van der Waals surface area contributed by atoms with Gasteiger partial charge < -0.3 is 9.64 Å². The molecule has 0 spiro atoms. The van der Waals surface area contributed by atoms with E-state index in [1.165, 1.54) is 0 Å². The van der Waals surface area contributed by atoms with Crippen molar-refractivity contribution in [1.29, 1.82) is 0 Å². The van der Waals surface area contributed by atoms with Crippen LogP contribution in [0.25, 0.3) is 0 Å². The van der Waals surface area contributed by atoms with E-state index >= 15 is 0 Å². The summed E-state index contributed by atoms with van der Waals surface area (Å²) in [6, 6.07) is 1.81. The molecule has 0 atom stereocenters. The third-order valence-corrected chi connectivity index (χ3v) is 2.59. The fourth-order valence-corrected chi connectivity index (χ4v) is 1.74. The second-order valence-electron chi connectivity index (χ2n) is 3.43. The highest BCUT2D eigenvalue weighted by Crippen LogP contribution is 2.15. The SMILES string of the molecule is CCc1cc(Cl)nc(N2CCOCC2)n1. The van der Waals surface area contributed by atoms with E-state index in [4.69, 9.17) is 16.3 Å². The van der Waals surface area contributed by atoms with Gasteiger partial charge in [-0.05, 0) is 12.5 Å². The Morgan fingerprint density at radius 2 is 2.13 bits per heavy atom. The van der Waals surface area contributed by atoms with Crippen LogP contribution in [0.15, 0.2) is 6.07 Å². The molecule has 2 rings (SSSR count). The van der Waals surface area contributed by atoms with E-state index in [0.29, 0.717) is 5.15 Å². The van der Waals surface area contributed by atoms with Gasteiger partial charge in [0.25, 0.3) is 0 Å². The standard InChI is InChI=1S/C10H14ClN3O/c1-2-8-7-9(11)13-10(12-8)14-3-5-15-6-4-14/h7H,2-6H2,1H3. The van der Waals surface area contributed by atoms with Crippen LogP contribution in [0.5, 0.6) is 0 Å². The van der Waals surface area contributed by atoms with Gasteiger partial charge in [-0.1, -0.05) is 18.5 Å². The molecular weight excluding hydrogens is 214 g/mol. The van der Waals surface area contributed by atoms with Crippen molar-refractivity contribution in [2.75, 3.05) is 31.2 Å². The average Bonchev–Trinajstić information content (AvgIpc) is 2.29. The largest absolute Gasteiger partial charge is 0.378 e. The number of anilines is 1. The molecule has 0 N–H and O–H groups in total. The lowest BCUT2D eigenvalue weighted by molar-refractivity contribution is 0.122. The summed E-state index contributed by atoms with van der Waals surface area (Å²) in [5.41, 5.74) is 0.983. The molecule has 0 radical (unpaired) electrons. The van der Waals surface area contributed by atoms with Crippen molar-refractivity contribution in [2.45, 2.75) is 13.3 Å². The third-order valence-electron chi connectivity index (χ3n) is 2.39. The molecule has 4 nitrogen and oxygen atoms in total. The lowest BCUT2D eigenvalue weighted by Gasteiger charge is -2.26. The molecule has 0 saturated carbocycles. The lowest BCUT2D eigenvalue weighted by Crippen LogP contribution is -2.37. The first-order valence-electron chi connectivity index (χ1n) is 5.15. The molecule has 0 amide bonds. The summed E-state index contributed by atoms with van der Waals surface area (Å²) < 4.78 is 5.28. The van der Waals surface area contributed by atoms with E-state index in [1.807, 2.05) is 6.07 Å². The number of aryl methyl sites for hydroxylation is 1. The zero-order chi connectivity index (χ0) is 10.7. The van der Waals surface area contributed by atoms with Crippen molar-refractivity contribution in [3.8, 4) is 0 Å². The first kappa shape index (κ1) is 10.6. The molecule has 1 fully saturated rings. The minimum atomic E-state index is 0.517. The summed E-state index contributed by atoms with van der Waals surface area (Å²) in [5, 5.41) is 0.517. The first-order valence-corrected chi connectivity index (χ1v) is 5.53. The van der Waals surface area contributed by atoms with Crippen LogP contribution in [0.3, 0.4) is 0 Å². The van der Waals surface area contributed by atoms with E-state index in [-0.39, 0.29) is 0 Å². The van der Waals surface area contributed by atoms with E-state index in [1.54, 1.807) is 0 Å². The number of rotatable bonds is 2. The zero-order valence-electron chi connectivity index (χ0n) is 8.74. The maximum absolute atomic E-state index is 5.94. The lowest BCUT2D eigenvalue weighted by atomic mass is 10.3. The van der Waals surface area contributed by atoms with Crippen molar-refractivity contribution in [2.24, 2.45) is 0 Å². The van der Waals surface area contributed by atoms with Crippen LogP contribution >= 0.6 is 11.6 Å². The molecule has 1 aromatic heterocycles. The second-order valence-corrected chi connectivity index (χ2v) is 3.82. The molecule has 1 saturated heterocycles. The van der Waals surface area contributed by atoms with Gasteiger partial charge in [0, 0.05) is 18.8 Å². The Morgan fingerprint density at radius 1 is 1.40 bits per heavy atom. The number of hydrogen-bond acceptors (Lipinski definition) is 4. The van der Waals surface area contributed by atoms with Gasteiger partial charge in [-0.2, -0.15) is 0 Å². The smallest absolute Gasteiger partial charge is 0.227 e. The number of hydrogen-bond donors (Lipinski definition) is 0. The van der Waals surface area contributed by atoms with Crippen molar-refractivity contribution in [3.05, 3.63) is 16.9 Å². The Labute approximate surface area is 94.2 Å². The predicted molar refractivity (Wildman–Crippen MR) is 59.5 cm³/mol. The summed E-state index contributed by atoms with van der Waals surface area (Å²) in [7, 11) is 0. The van der Waals surface area contributed by atoms with Gasteiger partial charge in [0.2, 0.25) is 5.95 Å². The fourth-order valence-electron chi connectivity index (χ4n) is 1.54. The highest BCUT2D eigenvalue weighted by atomic mass is 35.5. The molecule has 5 heteroatoms. The molecule has 2 heterocycles. The van der Waals surface area contributed by atoms with Crippen LogP contribution in [-0.4, -0.2) is 36.3 Å². The zero-order valence-corrected chi connectivity index (χ0v) is 9.50. The average molecular weight is 228 g/mol. The van der Waals surface area contributed by atoms with Crippen LogP contribution in [0.2, 0.25) is 5.15 Å². The van der Waals surface area contributed by atoms with Gasteiger partial charge in [0.1, 0.15) is 5.15 Å². The van der Waals surface area contributed by atoms with Gasteiger partial charge in [-0.15, -0.1) is 0 Å². The van der Waals surface area contributed by atoms with Crippen LogP contribution in [0.4, 0.5) is 5.95 Å².